The van der Waals surface area contributed by atoms with E-state index < -0.39 is 0 Å². The summed E-state index contributed by atoms with van der Waals surface area (Å²) in [4.78, 5) is 28.8. The number of aryl methyl sites for hydroxylation is 2. The lowest BCUT2D eigenvalue weighted by molar-refractivity contribution is -0.122. The monoisotopic (exact) mass is 431 g/mol. The van der Waals surface area contributed by atoms with Gasteiger partial charge in [-0.1, -0.05) is 78.9 Å². The van der Waals surface area contributed by atoms with Gasteiger partial charge in [0.15, 0.2) is 0 Å². The highest BCUT2D eigenvalue weighted by Gasteiger charge is 2.62. The van der Waals surface area contributed by atoms with Crippen LogP contribution in [0.1, 0.15) is 22.3 Å². The van der Waals surface area contributed by atoms with Gasteiger partial charge in [-0.25, -0.2) is 4.90 Å². The lowest BCUT2D eigenvalue weighted by Crippen LogP contribution is -2.33. The van der Waals surface area contributed by atoms with E-state index in [0.29, 0.717) is 5.69 Å². The molecule has 0 spiro atoms. The van der Waals surface area contributed by atoms with E-state index in [9.17, 15) is 9.59 Å². The maximum Gasteiger partial charge on any atom is 0.238 e. The summed E-state index contributed by atoms with van der Waals surface area (Å²) in [5.74, 6) is -0.893. The third kappa shape index (κ3) is 2.88. The first-order valence-electron chi connectivity index (χ1n) is 11.5. The molecule has 162 valence electrons. The van der Waals surface area contributed by atoms with E-state index >= 15 is 0 Å². The lowest BCUT2D eigenvalue weighted by Gasteiger charge is -2.22. The van der Waals surface area contributed by atoms with Crippen LogP contribution in [0.4, 0.5) is 5.69 Å². The van der Waals surface area contributed by atoms with Crippen LogP contribution in [0.15, 0.2) is 96.6 Å². The van der Waals surface area contributed by atoms with Gasteiger partial charge in [-0.3, -0.25) is 9.59 Å². The molecule has 2 bridgehead atoms. The number of rotatable bonds is 3. The molecule has 2 fully saturated rings. The Kier molecular flexibility index (Phi) is 4.48. The van der Waals surface area contributed by atoms with Crippen LogP contribution < -0.4 is 4.90 Å². The molecule has 3 nitrogen and oxygen atoms in total. The molecule has 1 heterocycles. The van der Waals surface area contributed by atoms with Gasteiger partial charge < -0.3 is 0 Å². The van der Waals surface area contributed by atoms with E-state index in [2.05, 4.69) is 36.4 Å². The van der Waals surface area contributed by atoms with Gasteiger partial charge in [0, 0.05) is 11.8 Å². The van der Waals surface area contributed by atoms with Gasteiger partial charge in [0.05, 0.1) is 17.5 Å². The van der Waals surface area contributed by atoms with Gasteiger partial charge in [-0.2, -0.15) is 0 Å². The van der Waals surface area contributed by atoms with E-state index in [-0.39, 0.29) is 35.5 Å². The number of imide groups is 1. The topological polar surface area (TPSA) is 37.4 Å². The lowest BCUT2D eigenvalue weighted by atomic mass is 9.85. The zero-order chi connectivity index (χ0) is 22.7. The van der Waals surface area contributed by atoms with Crippen LogP contribution >= 0.6 is 0 Å². The van der Waals surface area contributed by atoms with Crippen molar-refractivity contribution in [3.63, 3.8) is 0 Å². The highest BCUT2D eigenvalue weighted by Crippen LogP contribution is 2.58. The van der Waals surface area contributed by atoms with Gasteiger partial charge >= 0.3 is 0 Å². The van der Waals surface area contributed by atoms with Crippen molar-refractivity contribution < 1.29 is 9.59 Å². The number of hydrogen-bond donors (Lipinski definition) is 0. The smallest absolute Gasteiger partial charge is 0.238 e. The fraction of sp³-hybridized carbons (Fsp3) is 0.200. The number of allylic oxidation sites excluding steroid dienone is 3. The summed E-state index contributed by atoms with van der Waals surface area (Å²) in [6.45, 7) is 4.06. The van der Waals surface area contributed by atoms with Crippen molar-refractivity contribution in [1.29, 1.82) is 0 Å². The summed E-state index contributed by atoms with van der Waals surface area (Å²) >= 11 is 0. The van der Waals surface area contributed by atoms with Gasteiger partial charge in [-0.15, -0.1) is 0 Å². The first-order chi connectivity index (χ1) is 16.1. The molecule has 2 amide bonds. The molecule has 2 aliphatic carbocycles. The second-order valence-electron chi connectivity index (χ2n) is 9.33. The average molecular weight is 432 g/mol. The van der Waals surface area contributed by atoms with E-state index in [1.54, 1.807) is 0 Å². The second kappa shape index (κ2) is 7.41. The number of fused-ring (bicyclic) bond motifs is 5. The summed E-state index contributed by atoms with van der Waals surface area (Å²) in [7, 11) is 0. The van der Waals surface area contributed by atoms with Gasteiger partial charge in [0.25, 0.3) is 0 Å². The molecule has 1 aliphatic heterocycles. The minimum Gasteiger partial charge on any atom is -0.274 e. The van der Waals surface area contributed by atoms with Crippen molar-refractivity contribution in [2.24, 2.45) is 23.7 Å². The maximum atomic E-state index is 13.7. The molecule has 0 unspecified atom stereocenters. The summed E-state index contributed by atoms with van der Waals surface area (Å²) in [5.41, 5.74) is 7.56. The first kappa shape index (κ1) is 19.9. The Morgan fingerprint density at radius 3 is 1.67 bits per heavy atom. The predicted octanol–water partition coefficient (Wildman–Crippen LogP) is 5.73. The van der Waals surface area contributed by atoms with Crippen LogP contribution in [0, 0.1) is 37.5 Å². The molecule has 3 aromatic carbocycles. The molecule has 1 saturated carbocycles. The molecule has 3 aliphatic rings. The molecular weight excluding hydrogens is 406 g/mol. The summed E-state index contributed by atoms with van der Waals surface area (Å²) in [6.07, 6.45) is 4.31. The predicted molar refractivity (Wildman–Crippen MR) is 130 cm³/mol. The molecule has 4 atom stereocenters. The number of amides is 2. The quantitative estimate of drug-likeness (QED) is 0.392. The Bertz CT molecular complexity index is 1260. The first-order valence-corrected chi connectivity index (χ1v) is 11.5. The van der Waals surface area contributed by atoms with Crippen LogP contribution in [0.5, 0.6) is 0 Å². The highest BCUT2D eigenvalue weighted by molar-refractivity contribution is 6.23. The van der Waals surface area contributed by atoms with Crippen LogP contribution in [-0.2, 0) is 9.59 Å². The molecule has 0 N–H and O–H groups in total. The third-order valence-electron chi connectivity index (χ3n) is 7.58. The Morgan fingerprint density at radius 1 is 0.667 bits per heavy atom. The minimum absolute atomic E-state index is 0.0524. The Morgan fingerprint density at radius 2 is 1.18 bits per heavy atom. The molecule has 0 aromatic heterocycles. The fourth-order valence-electron chi connectivity index (χ4n) is 5.93. The second-order valence-corrected chi connectivity index (χ2v) is 9.33. The van der Waals surface area contributed by atoms with E-state index in [4.69, 9.17) is 0 Å². The van der Waals surface area contributed by atoms with Crippen molar-refractivity contribution in [2.45, 2.75) is 13.8 Å². The van der Waals surface area contributed by atoms with E-state index in [1.165, 1.54) is 10.5 Å². The van der Waals surface area contributed by atoms with Crippen LogP contribution in [0.2, 0.25) is 0 Å². The van der Waals surface area contributed by atoms with Crippen LogP contribution in [0.25, 0.3) is 5.57 Å². The average Bonchev–Trinajstić information content (AvgIpc) is 3.47. The van der Waals surface area contributed by atoms with Gasteiger partial charge in [-0.05, 0) is 59.4 Å². The zero-order valence-electron chi connectivity index (χ0n) is 18.7. The summed E-state index contributed by atoms with van der Waals surface area (Å²) in [6, 6.07) is 26.5. The largest absolute Gasteiger partial charge is 0.274 e. The molecular formula is C30H25NO2. The number of nitrogens with zero attached hydrogens (tertiary/aromatic N) is 1. The fourth-order valence-corrected chi connectivity index (χ4v) is 5.93. The molecule has 1 saturated heterocycles. The van der Waals surface area contributed by atoms with Crippen molar-refractivity contribution in [2.75, 3.05) is 4.90 Å². The van der Waals surface area contributed by atoms with Gasteiger partial charge in [0.1, 0.15) is 0 Å². The third-order valence-corrected chi connectivity index (χ3v) is 7.58. The molecule has 0 radical (unpaired) electrons. The van der Waals surface area contributed by atoms with Crippen LogP contribution in [-0.4, -0.2) is 11.8 Å². The summed E-state index contributed by atoms with van der Waals surface area (Å²) < 4.78 is 0. The van der Waals surface area contributed by atoms with E-state index in [0.717, 1.165) is 27.8 Å². The number of hydrogen-bond acceptors (Lipinski definition) is 2. The maximum absolute atomic E-state index is 13.7. The Labute approximate surface area is 194 Å². The Hall–Kier alpha value is -3.72. The molecule has 3 aromatic rings. The van der Waals surface area contributed by atoms with Crippen LogP contribution in [0.3, 0.4) is 0 Å². The standard InChI is InChI=1S/C30H25NO2/c1-18-13-14-22(17-19(18)2)31-29(32)27-23-15-16-24(28(27)30(31)33)26(23)25(20-9-5-3-6-10-20)21-11-7-4-8-12-21/h3-17,23-24,27-28H,1-2H3/t23-,24-,27-,28-/m0/s1. The van der Waals surface area contributed by atoms with E-state index in [1.807, 2.05) is 68.4 Å². The molecule has 6 rings (SSSR count). The van der Waals surface area contributed by atoms with Crippen molar-refractivity contribution in [3.8, 4) is 0 Å². The number of benzene rings is 3. The normalized spacial score (nSPS) is 25.2. The minimum atomic E-state index is -0.327. The SMILES string of the molecule is Cc1ccc(N2C(=O)[C@@H]3[C@@H](C2=O)[C@H]2C=C[C@H]3C2=C(c2ccccc2)c2ccccc2)cc1C. The van der Waals surface area contributed by atoms with Gasteiger partial charge in [0.2, 0.25) is 11.8 Å². The number of carbonyl (C=O) groups excluding carboxylic acids is 2. The summed E-state index contributed by atoms with van der Waals surface area (Å²) in [5, 5.41) is 0. The van der Waals surface area contributed by atoms with Crippen molar-refractivity contribution in [3.05, 3.63) is 119 Å². The van der Waals surface area contributed by atoms with Crippen molar-refractivity contribution >= 4 is 23.1 Å². The molecule has 33 heavy (non-hydrogen) atoms. The molecule has 3 heteroatoms. The van der Waals surface area contributed by atoms with Crippen molar-refractivity contribution in [1.82, 2.24) is 0 Å². The number of carbonyl (C=O) groups is 2. The zero-order valence-corrected chi connectivity index (χ0v) is 18.7. The number of anilines is 1. The highest BCUT2D eigenvalue weighted by atomic mass is 16.2. The Balaban J connectivity index is 1.48.